The van der Waals surface area contributed by atoms with Crippen molar-refractivity contribution in [2.45, 2.75) is 47.6 Å². The molecule has 3 aromatic rings. The Hall–Kier alpha value is -2.56. The van der Waals surface area contributed by atoms with E-state index >= 15 is 0 Å². The fraction of sp³-hybridized carbons (Fsp3) is 0.429. The van der Waals surface area contributed by atoms with Crippen LogP contribution in [0.1, 0.15) is 45.0 Å². The summed E-state index contributed by atoms with van der Waals surface area (Å²) in [5.41, 5.74) is 7.38. The van der Waals surface area contributed by atoms with Gasteiger partial charge in [0.2, 0.25) is 0 Å². The van der Waals surface area contributed by atoms with Crippen molar-refractivity contribution in [1.82, 2.24) is 19.7 Å². The molecule has 26 heavy (non-hydrogen) atoms. The number of aromatic amines is 1. The van der Waals surface area contributed by atoms with Crippen LogP contribution in [0.4, 0.5) is 0 Å². The Labute approximate surface area is 155 Å². The first-order valence-electron chi connectivity index (χ1n) is 9.14. The van der Waals surface area contributed by atoms with Crippen molar-refractivity contribution < 1.29 is 4.79 Å². The van der Waals surface area contributed by atoms with Crippen LogP contribution in [0.3, 0.4) is 0 Å². The average molecular weight is 352 g/mol. The van der Waals surface area contributed by atoms with Gasteiger partial charge in [0.25, 0.3) is 5.91 Å². The predicted molar refractivity (Wildman–Crippen MR) is 106 cm³/mol. The van der Waals surface area contributed by atoms with Crippen LogP contribution >= 0.6 is 0 Å². The van der Waals surface area contributed by atoms with Crippen molar-refractivity contribution in [3.8, 4) is 0 Å². The lowest BCUT2D eigenvalue weighted by atomic mass is 10.1. The number of carbonyl (C=O) groups is 1. The number of hydrogen-bond acceptors (Lipinski definition) is 2. The van der Waals surface area contributed by atoms with E-state index in [4.69, 9.17) is 0 Å². The molecular weight excluding hydrogens is 324 g/mol. The molecule has 0 unspecified atom stereocenters. The molecule has 1 amide bonds. The molecule has 0 saturated carbocycles. The molecule has 0 radical (unpaired) electrons. The van der Waals surface area contributed by atoms with Crippen molar-refractivity contribution in [2.24, 2.45) is 0 Å². The lowest BCUT2D eigenvalue weighted by Crippen LogP contribution is -2.29. The molecule has 0 saturated heterocycles. The molecule has 3 rings (SSSR count). The van der Waals surface area contributed by atoms with E-state index in [-0.39, 0.29) is 5.91 Å². The number of aromatic nitrogens is 3. The quantitative estimate of drug-likeness (QED) is 0.752. The Balaban J connectivity index is 1.72. The highest BCUT2D eigenvalue weighted by atomic mass is 16.2. The second-order valence-electron chi connectivity index (χ2n) is 7.36. The molecule has 1 N–H and O–H groups in total. The normalized spacial score (nSPS) is 11.3. The minimum atomic E-state index is 0.0455. The monoisotopic (exact) mass is 352 g/mol. The second kappa shape index (κ2) is 6.98. The van der Waals surface area contributed by atoms with E-state index in [1.807, 2.05) is 25.6 Å². The minimum Gasteiger partial charge on any atom is -0.350 e. The number of fused-ring (bicyclic) bond motifs is 1. The summed E-state index contributed by atoms with van der Waals surface area (Å²) in [7, 11) is 1.87. The summed E-state index contributed by atoms with van der Waals surface area (Å²) in [6, 6.07) is 6.37. The smallest absolute Gasteiger partial charge is 0.270 e. The fourth-order valence-corrected chi connectivity index (χ4v) is 3.65. The Morgan fingerprint density at radius 3 is 2.54 bits per heavy atom. The summed E-state index contributed by atoms with van der Waals surface area (Å²) in [6.07, 6.45) is 0.877. The van der Waals surface area contributed by atoms with Crippen LogP contribution in [0.25, 0.3) is 10.9 Å². The zero-order valence-electron chi connectivity index (χ0n) is 16.6. The third-order valence-corrected chi connectivity index (χ3v) is 5.04. The number of carbonyl (C=O) groups excluding carboxylic acids is 1. The molecule has 0 aliphatic heterocycles. The molecule has 2 aromatic heterocycles. The first-order chi connectivity index (χ1) is 12.3. The number of benzene rings is 1. The van der Waals surface area contributed by atoms with Crippen LogP contribution in [0, 0.1) is 34.6 Å². The zero-order valence-corrected chi connectivity index (χ0v) is 16.6. The van der Waals surface area contributed by atoms with Gasteiger partial charge in [0.1, 0.15) is 5.69 Å². The van der Waals surface area contributed by atoms with E-state index in [0.717, 1.165) is 40.8 Å². The number of rotatable bonds is 5. The highest BCUT2D eigenvalue weighted by Crippen LogP contribution is 2.26. The van der Waals surface area contributed by atoms with Crippen LogP contribution in [-0.4, -0.2) is 39.2 Å². The minimum absolute atomic E-state index is 0.0455. The molecule has 0 fully saturated rings. The summed E-state index contributed by atoms with van der Waals surface area (Å²) < 4.78 is 2.01. The molecular formula is C21H28N4O. The number of nitrogens with one attached hydrogen (secondary N) is 1. The van der Waals surface area contributed by atoms with Gasteiger partial charge in [-0.1, -0.05) is 11.6 Å². The van der Waals surface area contributed by atoms with E-state index < -0.39 is 0 Å². The summed E-state index contributed by atoms with van der Waals surface area (Å²) in [5.74, 6) is 0.0455. The van der Waals surface area contributed by atoms with Crippen molar-refractivity contribution in [3.05, 3.63) is 52.0 Å². The van der Waals surface area contributed by atoms with E-state index in [1.165, 1.54) is 11.1 Å². The average Bonchev–Trinajstić information content (AvgIpc) is 3.06. The SMILES string of the molecule is Cc1cc(C)c2[nH]c(C(=O)N(C)CCCn3nc(C)cc3C)c(C)c2c1. The maximum atomic E-state index is 12.9. The van der Waals surface area contributed by atoms with Gasteiger partial charge in [0.15, 0.2) is 0 Å². The molecule has 138 valence electrons. The van der Waals surface area contributed by atoms with Gasteiger partial charge in [0.05, 0.1) is 5.69 Å². The van der Waals surface area contributed by atoms with Crippen LogP contribution in [0.2, 0.25) is 0 Å². The molecule has 5 heteroatoms. The van der Waals surface area contributed by atoms with Crippen molar-refractivity contribution in [2.75, 3.05) is 13.6 Å². The Bertz CT molecular complexity index is 964. The number of amides is 1. The van der Waals surface area contributed by atoms with E-state index in [9.17, 15) is 4.79 Å². The Kier molecular flexibility index (Phi) is 4.90. The third-order valence-electron chi connectivity index (χ3n) is 5.04. The number of hydrogen-bond donors (Lipinski definition) is 1. The number of nitrogens with zero attached hydrogens (tertiary/aromatic N) is 3. The fourth-order valence-electron chi connectivity index (χ4n) is 3.65. The highest BCUT2D eigenvalue weighted by Gasteiger charge is 2.19. The van der Waals surface area contributed by atoms with Gasteiger partial charge in [-0.15, -0.1) is 0 Å². The van der Waals surface area contributed by atoms with Gasteiger partial charge < -0.3 is 9.88 Å². The maximum absolute atomic E-state index is 12.9. The van der Waals surface area contributed by atoms with E-state index in [2.05, 4.69) is 49.1 Å². The lowest BCUT2D eigenvalue weighted by Gasteiger charge is -2.17. The molecule has 0 bridgehead atoms. The summed E-state index contributed by atoms with van der Waals surface area (Å²) >= 11 is 0. The maximum Gasteiger partial charge on any atom is 0.270 e. The van der Waals surface area contributed by atoms with E-state index in [0.29, 0.717) is 12.2 Å². The Morgan fingerprint density at radius 2 is 1.88 bits per heavy atom. The van der Waals surface area contributed by atoms with Crippen LogP contribution in [0.5, 0.6) is 0 Å². The second-order valence-corrected chi connectivity index (χ2v) is 7.36. The predicted octanol–water partition coefficient (Wildman–Crippen LogP) is 4.07. The molecule has 0 aliphatic rings. The largest absolute Gasteiger partial charge is 0.350 e. The lowest BCUT2D eigenvalue weighted by molar-refractivity contribution is 0.0786. The summed E-state index contributed by atoms with van der Waals surface area (Å²) in [4.78, 5) is 18.1. The van der Waals surface area contributed by atoms with Crippen molar-refractivity contribution in [3.63, 3.8) is 0 Å². The molecule has 0 atom stereocenters. The van der Waals surface area contributed by atoms with Gasteiger partial charge in [0, 0.05) is 36.7 Å². The highest BCUT2D eigenvalue weighted by molar-refractivity contribution is 6.01. The summed E-state index contributed by atoms with van der Waals surface area (Å²) in [6.45, 7) is 11.8. The zero-order chi connectivity index (χ0) is 19.0. The van der Waals surface area contributed by atoms with Crippen LogP contribution in [-0.2, 0) is 6.54 Å². The van der Waals surface area contributed by atoms with Gasteiger partial charge in [-0.05, 0) is 64.3 Å². The topological polar surface area (TPSA) is 53.9 Å². The standard InChI is InChI=1S/C21H28N4O/c1-13-10-14(2)19-18(11-13)17(5)20(22-19)21(26)24(6)8-7-9-25-16(4)12-15(3)23-25/h10-12,22H,7-9H2,1-6H3. The number of H-pyrrole nitrogens is 1. The van der Waals surface area contributed by atoms with Crippen LogP contribution in [0.15, 0.2) is 18.2 Å². The van der Waals surface area contributed by atoms with Crippen molar-refractivity contribution in [1.29, 1.82) is 0 Å². The van der Waals surface area contributed by atoms with Gasteiger partial charge in [-0.2, -0.15) is 5.10 Å². The van der Waals surface area contributed by atoms with Crippen LogP contribution < -0.4 is 0 Å². The molecule has 1 aromatic carbocycles. The molecule has 0 spiro atoms. The third kappa shape index (κ3) is 3.39. The first-order valence-corrected chi connectivity index (χ1v) is 9.14. The van der Waals surface area contributed by atoms with Gasteiger partial charge >= 0.3 is 0 Å². The first kappa shape index (κ1) is 18.2. The summed E-state index contributed by atoms with van der Waals surface area (Å²) in [5, 5.41) is 5.62. The van der Waals surface area contributed by atoms with Gasteiger partial charge in [-0.3, -0.25) is 9.48 Å². The molecule has 5 nitrogen and oxygen atoms in total. The molecule has 2 heterocycles. The van der Waals surface area contributed by atoms with E-state index in [1.54, 1.807) is 4.90 Å². The van der Waals surface area contributed by atoms with Crippen molar-refractivity contribution >= 4 is 16.8 Å². The Morgan fingerprint density at radius 1 is 1.15 bits per heavy atom. The van der Waals surface area contributed by atoms with Gasteiger partial charge in [-0.25, -0.2) is 0 Å². The molecule has 0 aliphatic carbocycles. The number of aryl methyl sites for hydroxylation is 6.